The van der Waals surface area contributed by atoms with E-state index in [0.717, 1.165) is 25.9 Å². The molecule has 3 heterocycles. The summed E-state index contributed by atoms with van der Waals surface area (Å²) < 4.78 is 0. The van der Waals surface area contributed by atoms with Crippen molar-refractivity contribution in [3.05, 3.63) is 0 Å². The highest BCUT2D eigenvalue weighted by Gasteiger charge is 2.60. The van der Waals surface area contributed by atoms with Crippen molar-refractivity contribution in [1.82, 2.24) is 10.6 Å². The highest BCUT2D eigenvalue weighted by atomic mass is 16.1. The van der Waals surface area contributed by atoms with Crippen LogP contribution in [0.4, 0.5) is 0 Å². The Labute approximate surface area is 109 Å². The van der Waals surface area contributed by atoms with E-state index in [9.17, 15) is 4.79 Å². The number of hydrogen-bond donors (Lipinski definition) is 3. The van der Waals surface area contributed by atoms with Crippen molar-refractivity contribution in [2.24, 2.45) is 28.9 Å². The fourth-order valence-electron chi connectivity index (χ4n) is 4.67. The predicted molar refractivity (Wildman–Crippen MR) is 70.9 cm³/mol. The van der Waals surface area contributed by atoms with Gasteiger partial charge in [0.1, 0.15) is 0 Å². The number of amides is 1. The minimum absolute atomic E-state index is 0.0856. The first-order valence-corrected chi connectivity index (χ1v) is 7.31. The molecule has 1 amide bonds. The third kappa shape index (κ3) is 1.62. The number of nitrogens with two attached hydrogens (primary N) is 1. The first-order chi connectivity index (χ1) is 8.54. The van der Waals surface area contributed by atoms with Crippen molar-refractivity contribution in [3.63, 3.8) is 0 Å². The summed E-state index contributed by atoms with van der Waals surface area (Å²) in [5.41, 5.74) is 5.50. The fraction of sp³-hybridized carbons (Fsp3) is 0.929. The Bertz CT molecular complexity index is 357. The summed E-state index contributed by atoms with van der Waals surface area (Å²) in [6.07, 6.45) is 3.29. The second-order valence-electron chi connectivity index (χ2n) is 6.90. The van der Waals surface area contributed by atoms with Crippen LogP contribution in [0.5, 0.6) is 0 Å². The summed E-state index contributed by atoms with van der Waals surface area (Å²) in [6.45, 7) is 6.37. The molecule has 4 fully saturated rings. The van der Waals surface area contributed by atoms with Crippen LogP contribution in [0.15, 0.2) is 0 Å². The Morgan fingerprint density at radius 2 is 2.17 bits per heavy atom. The van der Waals surface area contributed by atoms with Gasteiger partial charge in [0.25, 0.3) is 0 Å². The molecule has 0 aromatic heterocycles. The molecule has 4 N–H and O–H groups in total. The van der Waals surface area contributed by atoms with Crippen molar-refractivity contribution in [1.29, 1.82) is 0 Å². The first-order valence-electron chi connectivity index (χ1n) is 7.31. The van der Waals surface area contributed by atoms with Crippen LogP contribution < -0.4 is 16.4 Å². The largest absolute Gasteiger partial charge is 0.369 e. The smallest absolute Gasteiger partial charge is 0.225 e. The quantitative estimate of drug-likeness (QED) is 0.683. The Morgan fingerprint density at radius 3 is 2.83 bits per heavy atom. The molecular formula is C14H25N3O. The molecule has 1 aliphatic carbocycles. The SMILES string of the molecule is CC(C)CC1C2NCCC3CC1(C(N)=O)CNC32. The molecule has 4 bridgehead atoms. The second-order valence-corrected chi connectivity index (χ2v) is 6.90. The molecule has 102 valence electrons. The van der Waals surface area contributed by atoms with Crippen LogP contribution in [-0.2, 0) is 4.79 Å². The molecule has 0 spiro atoms. The lowest BCUT2D eigenvalue weighted by molar-refractivity contribution is -0.146. The number of carbonyl (C=O) groups excluding carboxylic acids is 1. The number of nitrogens with one attached hydrogen (secondary N) is 2. The maximum Gasteiger partial charge on any atom is 0.225 e. The van der Waals surface area contributed by atoms with Gasteiger partial charge in [-0.25, -0.2) is 0 Å². The molecule has 4 aliphatic rings. The van der Waals surface area contributed by atoms with Gasteiger partial charge in [0.15, 0.2) is 0 Å². The summed E-state index contributed by atoms with van der Waals surface area (Å²) in [4.78, 5) is 12.1. The third-order valence-corrected chi connectivity index (χ3v) is 5.43. The molecule has 0 aromatic rings. The minimum Gasteiger partial charge on any atom is -0.369 e. The molecule has 4 heteroatoms. The average Bonchev–Trinajstić information content (AvgIpc) is 2.33. The number of rotatable bonds is 3. The van der Waals surface area contributed by atoms with E-state index in [1.54, 1.807) is 0 Å². The fourth-order valence-corrected chi connectivity index (χ4v) is 4.67. The molecule has 5 unspecified atom stereocenters. The van der Waals surface area contributed by atoms with E-state index >= 15 is 0 Å². The van der Waals surface area contributed by atoms with Crippen molar-refractivity contribution in [2.45, 2.75) is 45.2 Å². The van der Waals surface area contributed by atoms with Gasteiger partial charge in [-0.1, -0.05) is 13.8 Å². The van der Waals surface area contributed by atoms with Gasteiger partial charge in [0.2, 0.25) is 5.91 Å². The van der Waals surface area contributed by atoms with E-state index in [2.05, 4.69) is 24.5 Å². The van der Waals surface area contributed by atoms with Crippen LogP contribution in [0.25, 0.3) is 0 Å². The van der Waals surface area contributed by atoms with Gasteiger partial charge in [-0.15, -0.1) is 0 Å². The lowest BCUT2D eigenvalue weighted by atomic mass is 9.52. The Morgan fingerprint density at radius 1 is 1.39 bits per heavy atom. The zero-order chi connectivity index (χ0) is 12.9. The molecule has 1 saturated carbocycles. The van der Waals surface area contributed by atoms with Crippen LogP contribution in [0.3, 0.4) is 0 Å². The number of primary amides is 1. The highest BCUT2D eigenvalue weighted by Crippen LogP contribution is 2.51. The van der Waals surface area contributed by atoms with Crippen molar-refractivity contribution < 1.29 is 4.79 Å². The van der Waals surface area contributed by atoms with Crippen LogP contribution in [-0.4, -0.2) is 31.1 Å². The summed E-state index contributed by atoms with van der Waals surface area (Å²) >= 11 is 0. The van der Waals surface area contributed by atoms with Crippen molar-refractivity contribution in [3.8, 4) is 0 Å². The molecule has 4 nitrogen and oxygen atoms in total. The summed E-state index contributed by atoms with van der Waals surface area (Å²) in [5, 5.41) is 7.23. The molecule has 3 saturated heterocycles. The van der Waals surface area contributed by atoms with Gasteiger partial charge < -0.3 is 16.4 Å². The van der Waals surface area contributed by atoms with Crippen LogP contribution in [0, 0.1) is 23.2 Å². The average molecular weight is 251 g/mol. The number of hydrogen-bond acceptors (Lipinski definition) is 3. The summed E-state index contributed by atoms with van der Waals surface area (Å²) in [7, 11) is 0. The van der Waals surface area contributed by atoms with Gasteiger partial charge in [-0.2, -0.15) is 0 Å². The van der Waals surface area contributed by atoms with Crippen LogP contribution in [0.2, 0.25) is 0 Å². The molecule has 5 atom stereocenters. The predicted octanol–water partition coefficient (Wildman–Crippen LogP) is 0.474. The molecule has 0 radical (unpaired) electrons. The molecule has 4 rings (SSSR count). The van der Waals surface area contributed by atoms with E-state index in [1.165, 1.54) is 6.42 Å². The lowest BCUT2D eigenvalue weighted by Crippen LogP contribution is -2.76. The van der Waals surface area contributed by atoms with Gasteiger partial charge in [-0.05, 0) is 43.6 Å². The van der Waals surface area contributed by atoms with Crippen LogP contribution >= 0.6 is 0 Å². The number of carbonyl (C=O) groups is 1. The van der Waals surface area contributed by atoms with Gasteiger partial charge in [-0.3, -0.25) is 4.79 Å². The van der Waals surface area contributed by atoms with E-state index in [-0.39, 0.29) is 11.3 Å². The standard InChI is InChI=1S/C14H25N3O/c1-8(2)5-10-12-11-9(3-4-16-12)6-14(10,7-17-11)13(15)18/h8-12,16-17H,3-7H2,1-2H3,(H2,15,18). The zero-order valence-corrected chi connectivity index (χ0v) is 11.4. The zero-order valence-electron chi connectivity index (χ0n) is 11.4. The second kappa shape index (κ2) is 4.20. The van der Waals surface area contributed by atoms with Crippen LogP contribution in [0.1, 0.15) is 33.1 Å². The third-order valence-electron chi connectivity index (χ3n) is 5.43. The Kier molecular flexibility index (Phi) is 2.90. The molecule has 3 aliphatic heterocycles. The highest BCUT2D eigenvalue weighted by molar-refractivity contribution is 5.82. The van der Waals surface area contributed by atoms with E-state index in [1.807, 2.05) is 0 Å². The minimum atomic E-state index is -0.304. The maximum absolute atomic E-state index is 12.1. The van der Waals surface area contributed by atoms with E-state index in [0.29, 0.717) is 29.8 Å². The lowest BCUT2D eigenvalue weighted by Gasteiger charge is -2.61. The van der Waals surface area contributed by atoms with E-state index < -0.39 is 0 Å². The summed E-state index contributed by atoms with van der Waals surface area (Å²) in [6, 6.07) is 1.00. The topological polar surface area (TPSA) is 67.1 Å². The van der Waals surface area contributed by atoms with Gasteiger partial charge in [0.05, 0.1) is 5.41 Å². The normalized spacial score (nSPS) is 46.4. The Balaban J connectivity index is 1.95. The molecule has 18 heavy (non-hydrogen) atoms. The van der Waals surface area contributed by atoms with Crippen molar-refractivity contribution in [2.75, 3.05) is 13.1 Å². The molecular weight excluding hydrogens is 226 g/mol. The Hall–Kier alpha value is -0.610. The number of piperidine rings is 3. The van der Waals surface area contributed by atoms with Gasteiger partial charge in [0, 0.05) is 18.6 Å². The monoisotopic (exact) mass is 251 g/mol. The van der Waals surface area contributed by atoms with E-state index in [4.69, 9.17) is 5.73 Å². The summed E-state index contributed by atoms with van der Waals surface area (Å²) in [5.74, 6) is 1.59. The van der Waals surface area contributed by atoms with Gasteiger partial charge >= 0.3 is 0 Å². The first kappa shape index (κ1) is 12.4. The molecule has 0 aromatic carbocycles. The van der Waals surface area contributed by atoms with Crippen molar-refractivity contribution >= 4 is 5.91 Å². The number of fused-ring (bicyclic) bond motifs is 1. The maximum atomic E-state index is 12.1.